The van der Waals surface area contributed by atoms with Gasteiger partial charge in [0.25, 0.3) is 5.91 Å². The van der Waals surface area contributed by atoms with Crippen molar-refractivity contribution in [2.45, 2.75) is 18.6 Å². The summed E-state index contributed by atoms with van der Waals surface area (Å²) in [6.45, 7) is 2.62. The van der Waals surface area contributed by atoms with E-state index in [1.807, 2.05) is 12.1 Å². The maximum absolute atomic E-state index is 12.0. The van der Waals surface area contributed by atoms with E-state index in [4.69, 9.17) is 4.74 Å². The average Bonchev–Trinajstić information content (AvgIpc) is 2.76. The Labute approximate surface area is 114 Å². The molecule has 4 nitrogen and oxygen atoms in total. The van der Waals surface area contributed by atoms with Gasteiger partial charge in [-0.1, -0.05) is 22.9 Å². The first-order valence-electron chi connectivity index (χ1n) is 5.86. The topological polar surface area (TPSA) is 50.7 Å². The molecule has 3 rings (SSSR count). The lowest BCUT2D eigenvalue weighted by atomic mass is 10.2. The quantitative estimate of drug-likeness (QED) is 0.928. The summed E-state index contributed by atoms with van der Waals surface area (Å²) < 4.78 is 6.31. The van der Waals surface area contributed by atoms with Crippen LogP contribution in [0.1, 0.15) is 17.3 Å². The normalized spacial score (nSPS) is 31.7. The molecule has 1 aromatic rings. The number of rotatable bonds is 3. The Morgan fingerprint density at radius 3 is 2.83 bits per heavy atom. The number of benzene rings is 1. The Balaban J connectivity index is 1.63. The molecule has 1 aliphatic heterocycles. The van der Waals surface area contributed by atoms with Crippen molar-refractivity contribution in [2.75, 3.05) is 6.54 Å². The minimum atomic E-state index is -0.217. The summed E-state index contributed by atoms with van der Waals surface area (Å²) in [4.78, 5) is 16.3. The fraction of sp³-hybridized carbons (Fsp3) is 0.385. The van der Waals surface area contributed by atoms with E-state index in [2.05, 4.69) is 33.2 Å². The van der Waals surface area contributed by atoms with E-state index in [9.17, 15) is 4.79 Å². The van der Waals surface area contributed by atoms with Crippen LogP contribution in [0.4, 0.5) is 0 Å². The van der Waals surface area contributed by atoms with E-state index >= 15 is 0 Å². The Kier molecular flexibility index (Phi) is 2.66. The van der Waals surface area contributed by atoms with Crippen LogP contribution < -0.4 is 5.32 Å². The molecule has 3 atom stereocenters. The monoisotopic (exact) mass is 308 g/mol. The minimum absolute atomic E-state index is 0.0724. The first-order valence-corrected chi connectivity index (χ1v) is 6.66. The van der Waals surface area contributed by atoms with E-state index in [0.29, 0.717) is 18.0 Å². The molecule has 0 saturated heterocycles. The van der Waals surface area contributed by atoms with Crippen molar-refractivity contribution in [3.05, 3.63) is 34.3 Å². The molecular weight excluding hydrogens is 296 g/mol. The maximum Gasteiger partial charge on any atom is 0.251 e. The van der Waals surface area contributed by atoms with E-state index in [-0.39, 0.29) is 17.6 Å². The number of fused-ring (bicyclic) bond motifs is 1. The molecule has 0 radical (unpaired) electrons. The molecule has 1 amide bonds. The van der Waals surface area contributed by atoms with Crippen molar-refractivity contribution in [1.29, 1.82) is 0 Å². The lowest BCUT2D eigenvalue weighted by Crippen LogP contribution is -2.34. The van der Waals surface area contributed by atoms with Crippen LogP contribution in [0.2, 0.25) is 0 Å². The number of nitrogens with one attached hydrogen (secondary N) is 1. The van der Waals surface area contributed by atoms with Crippen LogP contribution in [0.5, 0.6) is 0 Å². The van der Waals surface area contributed by atoms with Gasteiger partial charge in [0.15, 0.2) is 6.40 Å². The second kappa shape index (κ2) is 4.09. The predicted molar refractivity (Wildman–Crippen MR) is 71.7 cm³/mol. The van der Waals surface area contributed by atoms with Crippen LogP contribution >= 0.6 is 15.9 Å². The lowest BCUT2D eigenvalue weighted by molar-refractivity contribution is 0.0948. The molecule has 0 bridgehead atoms. The molecule has 1 aliphatic carbocycles. The van der Waals surface area contributed by atoms with E-state index in [0.717, 1.165) is 4.47 Å². The summed E-state index contributed by atoms with van der Waals surface area (Å²) in [6.07, 6.45) is 1.64. The van der Waals surface area contributed by atoms with Crippen molar-refractivity contribution < 1.29 is 9.53 Å². The van der Waals surface area contributed by atoms with Crippen LogP contribution in [0, 0.1) is 5.92 Å². The molecular formula is C13H13BrN2O2. The highest BCUT2D eigenvalue weighted by molar-refractivity contribution is 9.10. The molecule has 1 fully saturated rings. The van der Waals surface area contributed by atoms with Gasteiger partial charge in [-0.3, -0.25) is 4.79 Å². The van der Waals surface area contributed by atoms with Crippen molar-refractivity contribution in [1.82, 2.24) is 5.32 Å². The molecule has 5 heteroatoms. The highest BCUT2D eigenvalue weighted by Crippen LogP contribution is 2.51. The smallest absolute Gasteiger partial charge is 0.251 e. The van der Waals surface area contributed by atoms with Gasteiger partial charge < -0.3 is 10.1 Å². The van der Waals surface area contributed by atoms with Crippen LogP contribution in [0.15, 0.2) is 33.7 Å². The molecule has 2 aliphatic rings. The fourth-order valence-corrected chi connectivity index (χ4v) is 2.69. The van der Waals surface area contributed by atoms with Gasteiger partial charge in [-0.05, 0) is 24.3 Å². The number of halogens is 1. The molecule has 1 aromatic carbocycles. The summed E-state index contributed by atoms with van der Waals surface area (Å²) in [5, 5.41) is 2.92. The fourth-order valence-electron chi connectivity index (χ4n) is 2.42. The number of nitrogens with zero attached hydrogens (tertiary/aromatic N) is 1. The predicted octanol–water partition coefficient (Wildman–Crippen LogP) is 1.99. The summed E-state index contributed by atoms with van der Waals surface area (Å²) in [6, 6.07) is 7.29. The van der Waals surface area contributed by atoms with Crippen LogP contribution in [-0.2, 0) is 4.74 Å². The summed E-state index contributed by atoms with van der Waals surface area (Å²) in [5.41, 5.74) is 0.438. The maximum atomic E-state index is 12.0. The minimum Gasteiger partial charge on any atom is -0.477 e. The van der Waals surface area contributed by atoms with Crippen molar-refractivity contribution in [2.24, 2.45) is 10.9 Å². The number of carbonyl (C=O) groups is 1. The van der Waals surface area contributed by atoms with Crippen LogP contribution in [0.25, 0.3) is 0 Å². The first-order chi connectivity index (χ1) is 8.63. The van der Waals surface area contributed by atoms with Gasteiger partial charge in [0, 0.05) is 22.5 Å². The van der Waals surface area contributed by atoms with Crippen LogP contribution in [0.3, 0.4) is 0 Å². The van der Waals surface area contributed by atoms with Crippen molar-refractivity contribution >= 4 is 28.2 Å². The van der Waals surface area contributed by atoms with E-state index < -0.39 is 0 Å². The van der Waals surface area contributed by atoms with Crippen LogP contribution in [-0.4, -0.2) is 30.5 Å². The Morgan fingerprint density at radius 2 is 2.22 bits per heavy atom. The molecule has 1 N–H and O–H groups in total. The highest BCUT2D eigenvalue weighted by atomic mass is 79.9. The number of aliphatic imine (C=N–C) groups is 1. The summed E-state index contributed by atoms with van der Waals surface area (Å²) in [7, 11) is 0. The van der Waals surface area contributed by atoms with Gasteiger partial charge in [0.05, 0.1) is 0 Å². The molecule has 94 valence electrons. The zero-order valence-electron chi connectivity index (χ0n) is 9.89. The average molecular weight is 309 g/mol. The zero-order valence-corrected chi connectivity index (χ0v) is 11.5. The molecule has 0 aromatic heterocycles. The van der Waals surface area contributed by atoms with Gasteiger partial charge in [-0.25, -0.2) is 4.99 Å². The molecule has 18 heavy (non-hydrogen) atoms. The molecule has 3 unspecified atom stereocenters. The van der Waals surface area contributed by atoms with Gasteiger partial charge in [-0.15, -0.1) is 0 Å². The molecule has 0 spiro atoms. The first kappa shape index (κ1) is 11.7. The summed E-state index contributed by atoms with van der Waals surface area (Å²) >= 11 is 3.34. The number of carbonyl (C=O) groups excluding carboxylic acids is 1. The summed E-state index contributed by atoms with van der Waals surface area (Å²) in [5.74, 6) is 0.310. The van der Waals surface area contributed by atoms with Gasteiger partial charge in [0.2, 0.25) is 0 Å². The SMILES string of the molecule is CC1C2OC=NC12CNC(=O)c1ccc(Br)cc1. The van der Waals surface area contributed by atoms with Gasteiger partial charge in [0.1, 0.15) is 11.6 Å². The highest BCUT2D eigenvalue weighted by Gasteiger charge is 2.67. The van der Waals surface area contributed by atoms with Crippen molar-refractivity contribution in [3.8, 4) is 0 Å². The Bertz CT molecular complexity index is 514. The largest absolute Gasteiger partial charge is 0.477 e. The van der Waals surface area contributed by atoms with Gasteiger partial charge in [-0.2, -0.15) is 0 Å². The lowest BCUT2D eigenvalue weighted by Gasteiger charge is -2.10. The zero-order chi connectivity index (χ0) is 12.8. The third-order valence-electron chi connectivity index (χ3n) is 3.77. The Morgan fingerprint density at radius 1 is 1.50 bits per heavy atom. The second-order valence-corrected chi connectivity index (χ2v) is 5.68. The van der Waals surface area contributed by atoms with E-state index in [1.165, 1.54) is 6.40 Å². The standard InChI is InChI=1S/C13H13BrN2O2/c1-8-11-13(8,16-7-18-11)6-15-12(17)9-2-4-10(14)5-3-9/h2-5,7-8,11H,6H2,1H3,(H,15,17). The molecule has 1 saturated carbocycles. The second-order valence-electron chi connectivity index (χ2n) is 4.76. The number of hydrogen-bond acceptors (Lipinski definition) is 3. The third kappa shape index (κ3) is 1.73. The Hall–Kier alpha value is -1.36. The molecule has 1 heterocycles. The number of hydrogen-bond donors (Lipinski definition) is 1. The van der Waals surface area contributed by atoms with Crippen molar-refractivity contribution in [3.63, 3.8) is 0 Å². The number of amides is 1. The van der Waals surface area contributed by atoms with Gasteiger partial charge >= 0.3 is 0 Å². The number of ether oxygens (including phenoxy) is 1. The van der Waals surface area contributed by atoms with E-state index in [1.54, 1.807) is 12.1 Å². The third-order valence-corrected chi connectivity index (χ3v) is 4.29.